The number of nitrogens with two attached hydrogens (primary N) is 1. The Morgan fingerprint density at radius 3 is 3.00 bits per heavy atom. The monoisotopic (exact) mass is 381 g/mol. The fourth-order valence-electron chi connectivity index (χ4n) is 2.48. The van der Waals surface area contributed by atoms with E-state index in [1.54, 1.807) is 23.9 Å². The Kier molecular flexibility index (Phi) is 8.47. The molecular formula is C15H22Cl2FN3OS. The molecule has 0 aromatic heterocycles. The number of nitrogens with zero attached hydrogens (tertiary/aromatic N) is 1. The van der Waals surface area contributed by atoms with Crippen LogP contribution >= 0.6 is 35.8 Å². The van der Waals surface area contributed by atoms with Crippen molar-refractivity contribution in [2.45, 2.75) is 24.9 Å². The molecule has 23 heavy (non-hydrogen) atoms. The lowest BCUT2D eigenvalue weighted by molar-refractivity contribution is -0.122. The molecule has 0 bridgehead atoms. The van der Waals surface area contributed by atoms with Crippen LogP contribution in [0.1, 0.15) is 12.8 Å². The van der Waals surface area contributed by atoms with Gasteiger partial charge in [-0.1, -0.05) is 11.6 Å². The van der Waals surface area contributed by atoms with Crippen LogP contribution in [0.25, 0.3) is 0 Å². The number of hydrogen-bond donors (Lipinski definition) is 2. The first-order chi connectivity index (χ1) is 10.5. The molecule has 0 spiro atoms. The summed E-state index contributed by atoms with van der Waals surface area (Å²) in [4.78, 5) is 14.1. The van der Waals surface area contributed by atoms with E-state index in [-0.39, 0.29) is 29.4 Å². The zero-order valence-corrected chi connectivity index (χ0v) is 15.3. The summed E-state index contributed by atoms with van der Waals surface area (Å²) in [7, 11) is 0. The number of thioether (sulfide) groups is 1. The molecule has 0 radical (unpaired) electrons. The van der Waals surface area contributed by atoms with Crippen molar-refractivity contribution in [3.8, 4) is 0 Å². The van der Waals surface area contributed by atoms with Crippen molar-refractivity contribution in [3.63, 3.8) is 0 Å². The zero-order valence-electron chi connectivity index (χ0n) is 12.9. The van der Waals surface area contributed by atoms with Gasteiger partial charge in [-0.3, -0.25) is 4.79 Å². The lowest BCUT2D eigenvalue weighted by atomic mass is 10.2. The zero-order chi connectivity index (χ0) is 16.1. The van der Waals surface area contributed by atoms with Crippen LogP contribution in [-0.4, -0.2) is 43.1 Å². The Morgan fingerprint density at radius 1 is 1.61 bits per heavy atom. The Balaban J connectivity index is 0.00000264. The summed E-state index contributed by atoms with van der Waals surface area (Å²) in [5.41, 5.74) is 6.74. The summed E-state index contributed by atoms with van der Waals surface area (Å²) in [6, 6.07) is 4.29. The number of hydrogen-bond acceptors (Lipinski definition) is 4. The van der Waals surface area contributed by atoms with Crippen LogP contribution in [0, 0.1) is 5.82 Å². The van der Waals surface area contributed by atoms with Crippen LogP contribution in [0.5, 0.6) is 0 Å². The minimum atomic E-state index is -0.457. The van der Waals surface area contributed by atoms with E-state index in [1.165, 1.54) is 6.07 Å². The fourth-order valence-corrected chi connectivity index (χ4v) is 3.14. The second kappa shape index (κ2) is 9.57. The van der Waals surface area contributed by atoms with Crippen LogP contribution < -0.4 is 16.0 Å². The normalized spacial score (nSPS) is 18.4. The number of nitrogens with one attached hydrogen (secondary N) is 1. The van der Waals surface area contributed by atoms with Crippen molar-refractivity contribution in [3.05, 3.63) is 29.0 Å². The maximum atomic E-state index is 13.2. The van der Waals surface area contributed by atoms with Crippen molar-refractivity contribution in [2.75, 3.05) is 30.0 Å². The molecule has 2 rings (SSSR count). The number of carbonyl (C=O) groups is 1. The van der Waals surface area contributed by atoms with E-state index in [9.17, 15) is 9.18 Å². The van der Waals surface area contributed by atoms with Crippen LogP contribution in [0.15, 0.2) is 18.2 Å². The van der Waals surface area contributed by atoms with Gasteiger partial charge >= 0.3 is 0 Å². The molecular weight excluding hydrogens is 360 g/mol. The first-order valence-electron chi connectivity index (χ1n) is 7.26. The second-order valence-corrected chi connectivity index (χ2v) is 6.82. The maximum absolute atomic E-state index is 13.2. The topological polar surface area (TPSA) is 58.4 Å². The van der Waals surface area contributed by atoms with Gasteiger partial charge in [-0.25, -0.2) is 4.39 Å². The molecule has 2 unspecified atom stereocenters. The highest BCUT2D eigenvalue weighted by Gasteiger charge is 2.26. The molecule has 1 saturated heterocycles. The standard InChI is InChI=1S/C15H21ClFN3OS.ClH/c1-22-7-5-14(18)15(21)19-10-4-6-20(9-10)11-2-3-13(17)12(16)8-11;/h2-3,8,10,14H,4-7,9,18H2,1H3,(H,19,21);1H. The van der Waals surface area contributed by atoms with Crippen molar-refractivity contribution >= 4 is 47.4 Å². The Hall–Kier alpha value is -0.690. The number of halogens is 3. The molecule has 1 amide bonds. The first kappa shape index (κ1) is 20.4. The highest BCUT2D eigenvalue weighted by molar-refractivity contribution is 7.98. The van der Waals surface area contributed by atoms with Crippen molar-refractivity contribution in [1.82, 2.24) is 5.32 Å². The predicted molar refractivity (Wildman–Crippen MR) is 98.4 cm³/mol. The van der Waals surface area contributed by atoms with Gasteiger partial charge in [0.1, 0.15) is 5.82 Å². The number of benzene rings is 1. The third-order valence-electron chi connectivity index (χ3n) is 3.77. The minimum absolute atomic E-state index is 0. The quantitative estimate of drug-likeness (QED) is 0.794. The summed E-state index contributed by atoms with van der Waals surface area (Å²) < 4.78 is 13.2. The van der Waals surface area contributed by atoms with Crippen molar-refractivity contribution < 1.29 is 9.18 Å². The Bertz CT molecular complexity index is 535. The molecule has 1 fully saturated rings. The van der Waals surface area contributed by atoms with Gasteiger partial charge < -0.3 is 16.0 Å². The average molecular weight is 382 g/mol. The molecule has 1 aromatic carbocycles. The Morgan fingerprint density at radius 2 is 2.35 bits per heavy atom. The highest BCUT2D eigenvalue weighted by atomic mass is 35.5. The molecule has 0 saturated carbocycles. The van der Waals surface area contributed by atoms with Gasteiger partial charge in [-0.15, -0.1) is 12.4 Å². The maximum Gasteiger partial charge on any atom is 0.237 e. The van der Waals surface area contributed by atoms with Gasteiger partial charge in [-0.2, -0.15) is 11.8 Å². The van der Waals surface area contributed by atoms with Gasteiger partial charge in [0.2, 0.25) is 5.91 Å². The summed E-state index contributed by atoms with van der Waals surface area (Å²) in [6.07, 6.45) is 3.51. The van der Waals surface area contributed by atoms with Crippen LogP contribution in [0.2, 0.25) is 5.02 Å². The summed E-state index contributed by atoms with van der Waals surface area (Å²) >= 11 is 7.49. The van der Waals surface area contributed by atoms with E-state index in [0.717, 1.165) is 24.4 Å². The number of carbonyl (C=O) groups excluding carboxylic acids is 1. The lowest BCUT2D eigenvalue weighted by Gasteiger charge is -2.20. The number of rotatable bonds is 6. The molecule has 0 aliphatic carbocycles. The lowest BCUT2D eigenvalue weighted by Crippen LogP contribution is -2.46. The van der Waals surface area contributed by atoms with Gasteiger partial charge in [0.25, 0.3) is 0 Å². The van der Waals surface area contributed by atoms with Gasteiger partial charge in [0.15, 0.2) is 0 Å². The smallest absolute Gasteiger partial charge is 0.237 e. The van der Waals surface area contributed by atoms with E-state index >= 15 is 0 Å². The van der Waals surface area contributed by atoms with Crippen molar-refractivity contribution in [1.29, 1.82) is 0 Å². The fraction of sp³-hybridized carbons (Fsp3) is 0.533. The average Bonchev–Trinajstić information content (AvgIpc) is 2.96. The van der Waals surface area contributed by atoms with Crippen molar-refractivity contribution in [2.24, 2.45) is 5.73 Å². The second-order valence-electron chi connectivity index (χ2n) is 5.43. The number of amides is 1. The van der Waals surface area contributed by atoms with E-state index in [4.69, 9.17) is 17.3 Å². The van der Waals surface area contributed by atoms with E-state index in [1.807, 2.05) is 6.26 Å². The minimum Gasteiger partial charge on any atom is -0.369 e. The molecule has 8 heteroatoms. The van der Waals surface area contributed by atoms with Crippen LogP contribution in [-0.2, 0) is 4.79 Å². The van der Waals surface area contributed by atoms with E-state index in [0.29, 0.717) is 13.0 Å². The molecule has 1 heterocycles. The van der Waals surface area contributed by atoms with Gasteiger partial charge in [-0.05, 0) is 43.0 Å². The van der Waals surface area contributed by atoms with Crippen LogP contribution in [0.3, 0.4) is 0 Å². The van der Waals surface area contributed by atoms with Gasteiger partial charge in [0.05, 0.1) is 11.1 Å². The summed E-state index contributed by atoms with van der Waals surface area (Å²) in [5, 5.41) is 3.11. The Labute approximate surface area is 151 Å². The molecule has 1 aliphatic heterocycles. The molecule has 1 aromatic rings. The molecule has 2 atom stereocenters. The van der Waals surface area contributed by atoms with Crippen LogP contribution in [0.4, 0.5) is 10.1 Å². The molecule has 4 nitrogen and oxygen atoms in total. The largest absolute Gasteiger partial charge is 0.369 e. The molecule has 130 valence electrons. The van der Waals surface area contributed by atoms with E-state index < -0.39 is 11.9 Å². The highest BCUT2D eigenvalue weighted by Crippen LogP contribution is 2.25. The predicted octanol–water partition coefficient (Wildman–Crippen LogP) is 2.68. The molecule has 3 N–H and O–H groups in total. The number of anilines is 1. The van der Waals surface area contributed by atoms with Gasteiger partial charge in [0, 0.05) is 24.8 Å². The third-order valence-corrected chi connectivity index (χ3v) is 4.71. The third kappa shape index (κ3) is 5.71. The van der Waals surface area contributed by atoms with E-state index in [2.05, 4.69) is 10.2 Å². The first-order valence-corrected chi connectivity index (χ1v) is 9.03. The summed E-state index contributed by atoms with van der Waals surface area (Å²) in [6.45, 7) is 1.48. The molecule has 1 aliphatic rings. The summed E-state index contributed by atoms with van der Waals surface area (Å²) in [5.74, 6) is 0.353. The SMILES string of the molecule is CSCCC(N)C(=O)NC1CCN(c2ccc(F)c(Cl)c2)C1.Cl.